The zero-order valence-electron chi connectivity index (χ0n) is 8.39. The fraction of sp³-hybridized carbons (Fsp3) is 0.667. The average molecular weight is 196 g/mol. The van der Waals surface area contributed by atoms with Gasteiger partial charge in [0.1, 0.15) is 0 Å². The van der Waals surface area contributed by atoms with Crippen LogP contribution in [0.3, 0.4) is 0 Å². The predicted octanol–water partition coefficient (Wildman–Crippen LogP) is -0.416. The fourth-order valence-corrected chi connectivity index (χ4v) is 1.71. The maximum atomic E-state index is 5.58. The van der Waals surface area contributed by atoms with Crippen molar-refractivity contribution in [3.8, 4) is 0 Å². The summed E-state index contributed by atoms with van der Waals surface area (Å²) in [7, 11) is 2.00. The Balaban J connectivity index is 2.08. The number of aromatic nitrogens is 2. The smallest absolute Gasteiger partial charge is 0.205 e. The topological polar surface area (TPSA) is 56.3 Å². The van der Waals surface area contributed by atoms with Crippen LogP contribution in [-0.4, -0.2) is 41.9 Å². The molecule has 0 radical (unpaired) electrons. The minimum absolute atomic E-state index is 0.139. The third-order valence-electron chi connectivity index (χ3n) is 2.48. The normalized spacial score (nSPS) is 22.7. The Morgan fingerprint density at radius 1 is 1.71 bits per heavy atom. The van der Waals surface area contributed by atoms with Crippen LogP contribution in [0.2, 0.25) is 0 Å². The van der Waals surface area contributed by atoms with Gasteiger partial charge in [-0.2, -0.15) is 0 Å². The van der Waals surface area contributed by atoms with Crippen molar-refractivity contribution in [1.29, 1.82) is 0 Å². The summed E-state index contributed by atoms with van der Waals surface area (Å²) in [6.45, 7) is 3.03. The first kappa shape index (κ1) is 9.48. The second-order valence-corrected chi connectivity index (χ2v) is 3.51. The number of nitrogens with zero attached hydrogens (tertiary/aromatic N) is 3. The standard InChI is InChI=1S/C9H16N4O/c1-12-3-2-11-9(12)13-4-5-14-8(6-10)7-13/h2-3,8H,4-7,10H2,1H3. The minimum Gasteiger partial charge on any atom is -0.373 e. The largest absolute Gasteiger partial charge is 0.373 e. The molecule has 0 bridgehead atoms. The van der Waals surface area contributed by atoms with E-state index in [4.69, 9.17) is 10.5 Å². The quantitative estimate of drug-likeness (QED) is 0.698. The van der Waals surface area contributed by atoms with Gasteiger partial charge in [0.2, 0.25) is 5.95 Å². The Kier molecular flexibility index (Phi) is 2.69. The van der Waals surface area contributed by atoms with Crippen molar-refractivity contribution in [2.24, 2.45) is 12.8 Å². The van der Waals surface area contributed by atoms with Gasteiger partial charge in [-0.1, -0.05) is 0 Å². The summed E-state index contributed by atoms with van der Waals surface area (Å²) in [5.74, 6) is 0.992. The minimum atomic E-state index is 0.139. The van der Waals surface area contributed by atoms with Crippen molar-refractivity contribution in [2.45, 2.75) is 6.10 Å². The van der Waals surface area contributed by atoms with Crippen LogP contribution in [0.4, 0.5) is 5.95 Å². The summed E-state index contributed by atoms with van der Waals surface area (Å²) in [4.78, 5) is 6.51. The van der Waals surface area contributed by atoms with E-state index in [0.717, 1.165) is 25.6 Å². The third-order valence-corrected chi connectivity index (χ3v) is 2.48. The molecule has 5 heteroatoms. The first-order chi connectivity index (χ1) is 6.81. The molecule has 0 spiro atoms. The van der Waals surface area contributed by atoms with Crippen molar-refractivity contribution in [3.05, 3.63) is 12.4 Å². The Morgan fingerprint density at radius 2 is 2.57 bits per heavy atom. The molecular formula is C9H16N4O. The molecule has 2 rings (SSSR count). The van der Waals surface area contributed by atoms with Crippen LogP contribution < -0.4 is 10.6 Å². The molecule has 78 valence electrons. The lowest BCUT2D eigenvalue weighted by molar-refractivity contribution is 0.0458. The molecule has 0 amide bonds. The number of anilines is 1. The van der Waals surface area contributed by atoms with Crippen LogP contribution in [0.5, 0.6) is 0 Å². The van der Waals surface area contributed by atoms with Crippen LogP contribution in [0, 0.1) is 0 Å². The van der Waals surface area contributed by atoms with E-state index in [1.807, 2.05) is 24.0 Å². The molecule has 2 N–H and O–H groups in total. The number of rotatable bonds is 2. The fourth-order valence-electron chi connectivity index (χ4n) is 1.71. The Bertz CT molecular complexity index is 299. The van der Waals surface area contributed by atoms with Gasteiger partial charge in [-0.05, 0) is 0 Å². The van der Waals surface area contributed by atoms with Crippen LogP contribution in [0.15, 0.2) is 12.4 Å². The number of ether oxygens (including phenoxy) is 1. The zero-order valence-corrected chi connectivity index (χ0v) is 8.39. The lowest BCUT2D eigenvalue weighted by Gasteiger charge is -2.32. The van der Waals surface area contributed by atoms with Crippen LogP contribution in [0.25, 0.3) is 0 Å². The Hall–Kier alpha value is -1.07. The highest BCUT2D eigenvalue weighted by atomic mass is 16.5. The van der Waals surface area contributed by atoms with E-state index in [0.29, 0.717) is 6.54 Å². The summed E-state index contributed by atoms with van der Waals surface area (Å²) >= 11 is 0. The SMILES string of the molecule is Cn1ccnc1N1CCOC(CN)C1. The first-order valence-corrected chi connectivity index (χ1v) is 4.85. The van der Waals surface area contributed by atoms with Crippen molar-refractivity contribution >= 4 is 5.95 Å². The molecule has 1 unspecified atom stereocenters. The van der Waals surface area contributed by atoms with E-state index in [1.165, 1.54) is 0 Å². The number of imidazole rings is 1. The molecule has 14 heavy (non-hydrogen) atoms. The number of aryl methyl sites for hydroxylation is 1. The number of morpholine rings is 1. The van der Waals surface area contributed by atoms with E-state index < -0.39 is 0 Å². The molecule has 1 aliphatic heterocycles. The van der Waals surface area contributed by atoms with Gasteiger partial charge >= 0.3 is 0 Å². The molecule has 1 aromatic rings. The van der Waals surface area contributed by atoms with E-state index in [9.17, 15) is 0 Å². The summed E-state index contributed by atoms with van der Waals surface area (Å²) in [5, 5.41) is 0. The summed E-state index contributed by atoms with van der Waals surface area (Å²) < 4.78 is 7.50. The molecule has 1 fully saturated rings. The molecule has 1 aliphatic rings. The van der Waals surface area contributed by atoms with Gasteiger partial charge in [-0.15, -0.1) is 0 Å². The van der Waals surface area contributed by atoms with Gasteiger partial charge in [-0.3, -0.25) is 0 Å². The third kappa shape index (κ3) is 1.73. The van der Waals surface area contributed by atoms with Crippen molar-refractivity contribution < 1.29 is 4.74 Å². The highest BCUT2D eigenvalue weighted by molar-refractivity contribution is 5.31. The highest BCUT2D eigenvalue weighted by Crippen LogP contribution is 2.13. The van der Waals surface area contributed by atoms with Gasteiger partial charge in [0, 0.05) is 39.1 Å². The molecule has 0 saturated carbocycles. The lowest BCUT2D eigenvalue weighted by Crippen LogP contribution is -2.46. The van der Waals surface area contributed by atoms with Crippen molar-refractivity contribution in [2.75, 3.05) is 31.1 Å². The van der Waals surface area contributed by atoms with Gasteiger partial charge in [0.05, 0.1) is 12.7 Å². The molecule has 2 heterocycles. The van der Waals surface area contributed by atoms with Crippen molar-refractivity contribution in [1.82, 2.24) is 9.55 Å². The van der Waals surface area contributed by atoms with E-state index in [2.05, 4.69) is 9.88 Å². The summed E-state index contributed by atoms with van der Waals surface area (Å²) in [6.07, 6.45) is 3.89. The first-order valence-electron chi connectivity index (χ1n) is 4.85. The van der Waals surface area contributed by atoms with Gasteiger partial charge < -0.3 is 19.9 Å². The maximum absolute atomic E-state index is 5.58. The maximum Gasteiger partial charge on any atom is 0.205 e. The average Bonchev–Trinajstić information content (AvgIpc) is 2.65. The van der Waals surface area contributed by atoms with Crippen molar-refractivity contribution in [3.63, 3.8) is 0 Å². The molecule has 1 atom stereocenters. The van der Waals surface area contributed by atoms with Crippen LogP contribution in [-0.2, 0) is 11.8 Å². The molecule has 1 saturated heterocycles. The lowest BCUT2D eigenvalue weighted by atomic mass is 10.3. The van der Waals surface area contributed by atoms with Crippen LogP contribution >= 0.6 is 0 Å². The number of nitrogens with two attached hydrogens (primary N) is 1. The predicted molar refractivity (Wildman–Crippen MR) is 54.2 cm³/mol. The molecular weight excluding hydrogens is 180 g/mol. The van der Waals surface area contributed by atoms with E-state index in [-0.39, 0.29) is 6.10 Å². The van der Waals surface area contributed by atoms with Gasteiger partial charge in [0.15, 0.2) is 0 Å². The number of hydrogen-bond acceptors (Lipinski definition) is 4. The Labute approximate surface area is 83.5 Å². The zero-order chi connectivity index (χ0) is 9.97. The van der Waals surface area contributed by atoms with E-state index in [1.54, 1.807) is 0 Å². The highest BCUT2D eigenvalue weighted by Gasteiger charge is 2.21. The van der Waals surface area contributed by atoms with Gasteiger partial charge in [-0.25, -0.2) is 4.98 Å². The monoisotopic (exact) mass is 196 g/mol. The Morgan fingerprint density at radius 3 is 3.21 bits per heavy atom. The molecule has 5 nitrogen and oxygen atoms in total. The second-order valence-electron chi connectivity index (χ2n) is 3.51. The summed E-state index contributed by atoms with van der Waals surface area (Å²) in [6, 6.07) is 0. The molecule has 1 aromatic heterocycles. The molecule has 0 aliphatic carbocycles. The molecule has 0 aromatic carbocycles. The van der Waals surface area contributed by atoms with Crippen LogP contribution in [0.1, 0.15) is 0 Å². The van der Waals surface area contributed by atoms with E-state index >= 15 is 0 Å². The van der Waals surface area contributed by atoms with Gasteiger partial charge in [0.25, 0.3) is 0 Å². The summed E-state index contributed by atoms with van der Waals surface area (Å²) in [5.41, 5.74) is 5.58. The second kappa shape index (κ2) is 3.98. The number of hydrogen-bond donors (Lipinski definition) is 1.